The van der Waals surface area contributed by atoms with Crippen molar-refractivity contribution >= 4 is 46.0 Å². The molecule has 0 aliphatic carbocycles. The largest absolute Gasteiger partial charge is 0.384 e. The fourth-order valence-electron chi connectivity index (χ4n) is 3.61. The van der Waals surface area contributed by atoms with Crippen LogP contribution in [0.2, 0.25) is 0 Å². The van der Waals surface area contributed by atoms with E-state index in [1.165, 1.54) is 16.1 Å². The lowest BCUT2D eigenvalue weighted by Crippen LogP contribution is -2.36. The predicted octanol–water partition coefficient (Wildman–Crippen LogP) is 4.39. The van der Waals surface area contributed by atoms with Gasteiger partial charge in [-0.25, -0.2) is 4.98 Å². The maximum absolute atomic E-state index is 11.0. The van der Waals surface area contributed by atoms with Crippen molar-refractivity contribution in [2.24, 2.45) is 0 Å². The number of aryl methyl sites for hydroxylation is 1. The lowest BCUT2D eigenvalue weighted by atomic mass is 9.90. The Labute approximate surface area is 167 Å². The Morgan fingerprint density at radius 2 is 2.27 bits per heavy atom. The zero-order valence-electron chi connectivity index (χ0n) is 14.9. The second kappa shape index (κ2) is 7.20. The van der Waals surface area contributed by atoms with Crippen LogP contribution in [0.1, 0.15) is 36.6 Å². The van der Waals surface area contributed by atoms with Crippen LogP contribution >= 0.6 is 35.3 Å². The summed E-state index contributed by atoms with van der Waals surface area (Å²) in [6, 6.07) is 6.51. The number of fused-ring (bicyclic) bond motifs is 1. The predicted molar refractivity (Wildman–Crippen MR) is 111 cm³/mol. The molecule has 1 aromatic heterocycles. The number of thiazole rings is 1. The molecule has 2 aromatic rings. The van der Waals surface area contributed by atoms with Gasteiger partial charge in [0.15, 0.2) is 4.34 Å². The highest BCUT2D eigenvalue weighted by Gasteiger charge is 2.36. The maximum atomic E-state index is 11.0. The minimum Gasteiger partial charge on any atom is -0.384 e. The van der Waals surface area contributed by atoms with Crippen molar-refractivity contribution in [1.29, 1.82) is 0 Å². The number of nitrogens with zero attached hydrogens (tertiary/aromatic N) is 2. The molecule has 0 amide bonds. The Hall–Kier alpha value is -0.990. The summed E-state index contributed by atoms with van der Waals surface area (Å²) in [4.78, 5) is 9.77. The number of ether oxygens (including phenoxy) is 1. The lowest BCUT2D eigenvalue weighted by Gasteiger charge is -2.34. The van der Waals surface area contributed by atoms with Gasteiger partial charge in [-0.05, 0) is 37.1 Å². The normalized spacial score (nSPS) is 26.0. The molecule has 3 heterocycles. The minimum absolute atomic E-state index is 0.0793. The first kappa shape index (κ1) is 18.4. The van der Waals surface area contributed by atoms with Crippen LogP contribution in [0, 0.1) is 0 Å². The number of aliphatic hydroxyl groups is 1. The van der Waals surface area contributed by atoms with Crippen LogP contribution in [0.4, 0.5) is 5.69 Å². The third-order valence-electron chi connectivity index (χ3n) is 5.09. The number of rotatable bonds is 3. The number of hydrogen-bond acceptors (Lipinski definition) is 6. The van der Waals surface area contributed by atoms with E-state index in [9.17, 15) is 5.11 Å². The number of thiocarbonyl (C=S) groups is 1. The zero-order valence-corrected chi connectivity index (χ0v) is 17.3. The molecule has 1 aromatic carbocycles. The van der Waals surface area contributed by atoms with E-state index < -0.39 is 5.60 Å². The van der Waals surface area contributed by atoms with Gasteiger partial charge in [0.2, 0.25) is 0 Å². The number of hydrogen-bond donors (Lipinski definition) is 1. The molecule has 2 unspecified atom stereocenters. The Bertz CT molecular complexity index is 838. The van der Waals surface area contributed by atoms with Gasteiger partial charge in [-0.2, -0.15) is 0 Å². The Morgan fingerprint density at radius 1 is 1.42 bits per heavy atom. The second-order valence-corrected chi connectivity index (χ2v) is 9.83. The summed E-state index contributed by atoms with van der Waals surface area (Å²) < 4.78 is 6.54. The topological polar surface area (TPSA) is 45.6 Å². The summed E-state index contributed by atoms with van der Waals surface area (Å²) in [5.41, 5.74) is 1.73. The average Bonchev–Trinajstić information content (AvgIpc) is 3.07. The molecular weight excluding hydrogens is 384 g/mol. The molecule has 26 heavy (non-hydrogen) atoms. The third kappa shape index (κ3) is 3.55. The van der Waals surface area contributed by atoms with E-state index in [0.717, 1.165) is 27.0 Å². The molecule has 4 nitrogen and oxygen atoms in total. The Balaban J connectivity index is 1.52. The molecule has 0 radical (unpaired) electrons. The Kier molecular flexibility index (Phi) is 5.09. The monoisotopic (exact) mass is 406 g/mol. The quantitative estimate of drug-likeness (QED) is 0.763. The first-order valence-corrected chi connectivity index (χ1v) is 10.9. The molecule has 2 aliphatic rings. The molecule has 4 rings (SSSR count). The van der Waals surface area contributed by atoms with Gasteiger partial charge in [-0.15, -0.1) is 11.3 Å². The SMILES string of the molecule is CC1CC(O)(c2cnc(Sc3ccc4c(c3)CCC(=S)N4C)s2)CCO1. The summed E-state index contributed by atoms with van der Waals surface area (Å²) in [5.74, 6) is 0. The van der Waals surface area contributed by atoms with E-state index >= 15 is 0 Å². The van der Waals surface area contributed by atoms with Crippen LogP contribution in [-0.4, -0.2) is 34.8 Å². The standard InChI is InChI=1S/C19H22N2O2S3/c1-12-10-19(22,7-8-23-12)16-11-20-18(26-16)25-14-4-5-15-13(9-14)3-6-17(24)21(15)2/h4-5,9,11-12,22H,3,6-8,10H2,1-2H3. The van der Waals surface area contributed by atoms with Crippen LogP contribution in [0.5, 0.6) is 0 Å². The highest BCUT2D eigenvalue weighted by Crippen LogP contribution is 2.41. The molecule has 2 atom stereocenters. The van der Waals surface area contributed by atoms with Crippen molar-refractivity contribution < 1.29 is 9.84 Å². The molecule has 0 spiro atoms. The molecular formula is C19H22N2O2S3. The Morgan fingerprint density at radius 3 is 3.08 bits per heavy atom. The van der Waals surface area contributed by atoms with Crippen molar-refractivity contribution in [3.05, 3.63) is 34.8 Å². The zero-order chi connectivity index (χ0) is 18.3. The van der Waals surface area contributed by atoms with Gasteiger partial charge in [-0.1, -0.05) is 24.0 Å². The highest BCUT2D eigenvalue weighted by atomic mass is 32.2. The van der Waals surface area contributed by atoms with E-state index in [0.29, 0.717) is 19.4 Å². The van der Waals surface area contributed by atoms with Gasteiger partial charge in [0.1, 0.15) is 5.60 Å². The van der Waals surface area contributed by atoms with Crippen LogP contribution in [0.3, 0.4) is 0 Å². The van der Waals surface area contributed by atoms with Gasteiger partial charge in [-0.3, -0.25) is 0 Å². The molecule has 0 saturated carbocycles. The molecule has 1 N–H and O–H groups in total. The van der Waals surface area contributed by atoms with Gasteiger partial charge in [0, 0.05) is 43.1 Å². The maximum Gasteiger partial charge on any atom is 0.154 e. The van der Waals surface area contributed by atoms with Crippen molar-refractivity contribution in [2.75, 3.05) is 18.6 Å². The summed E-state index contributed by atoms with van der Waals surface area (Å²) in [6.07, 6.45) is 5.10. The molecule has 138 valence electrons. The van der Waals surface area contributed by atoms with Crippen molar-refractivity contribution in [1.82, 2.24) is 4.98 Å². The van der Waals surface area contributed by atoms with E-state index in [-0.39, 0.29) is 6.10 Å². The fraction of sp³-hybridized carbons (Fsp3) is 0.474. The third-order valence-corrected chi connectivity index (χ3v) is 7.82. The highest BCUT2D eigenvalue weighted by molar-refractivity contribution is 8.01. The van der Waals surface area contributed by atoms with Gasteiger partial charge in [0.05, 0.1) is 22.6 Å². The first-order valence-electron chi connectivity index (χ1n) is 8.82. The van der Waals surface area contributed by atoms with E-state index in [4.69, 9.17) is 17.0 Å². The summed E-state index contributed by atoms with van der Waals surface area (Å²) in [7, 11) is 2.04. The van der Waals surface area contributed by atoms with Gasteiger partial charge < -0.3 is 14.7 Å². The second-order valence-electron chi connectivity index (χ2n) is 7.00. The summed E-state index contributed by atoms with van der Waals surface area (Å²) >= 11 is 8.65. The number of benzene rings is 1. The van der Waals surface area contributed by atoms with Crippen LogP contribution in [-0.2, 0) is 16.8 Å². The average molecular weight is 407 g/mol. The molecule has 7 heteroatoms. The fourth-order valence-corrected chi connectivity index (χ4v) is 5.95. The molecule has 0 bridgehead atoms. The van der Waals surface area contributed by atoms with Crippen LogP contribution in [0.15, 0.2) is 33.6 Å². The number of anilines is 1. The van der Waals surface area contributed by atoms with E-state index in [1.54, 1.807) is 23.1 Å². The smallest absolute Gasteiger partial charge is 0.154 e. The van der Waals surface area contributed by atoms with Crippen LogP contribution in [0.25, 0.3) is 0 Å². The van der Waals surface area contributed by atoms with Crippen molar-refractivity contribution in [3.63, 3.8) is 0 Å². The van der Waals surface area contributed by atoms with E-state index in [1.807, 2.05) is 20.2 Å². The molecule has 2 aliphatic heterocycles. The van der Waals surface area contributed by atoms with E-state index in [2.05, 4.69) is 28.1 Å². The van der Waals surface area contributed by atoms with Gasteiger partial charge in [0.25, 0.3) is 0 Å². The summed E-state index contributed by atoms with van der Waals surface area (Å²) in [5, 5.41) is 11.0. The lowest BCUT2D eigenvalue weighted by molar-refractivity contribution is -0.0995. The molecule has 1 saturated heterocycles. The van der Waals surface area contributed by atoms with Crippen molar-refractivity contribution in [2.45, 2.75) is 53.5 Å². The van der Waals surface area contributed by atoms with Crippen molar-refractivity contribution in [3.8, 4) is 0 Å². The number of aromatic nitrogens is 1. The first-order chi connectivity index (χ1) is 12.4. The molecule has 1 fully saturated rings. The van der Waals surface area contributed by atoms with Crippen LogP contribution < -0.4 is 4.90 Å². The summed E-state index contributed by atoms with van der Waals surface area (Å²) in [6.45, 7) is 2.61. The van der Waals surface area contributed by atoms with Gasteiger partial charge >= 0.3 is 0 Å². The minimum atomic E-state index is -0.803.